The molecule has 0 aliphatic rings. The molecule has 96 valence electrons. The van der Waals surface area contributed by atoms with Crippen molar-refractivity contribution in [1.82, 2.24) is 0 Å². The molecule has 0 atom stereocenters. The van der Waals surface area contributed by atoms with E-state index >= 15 is 0 Å². The van der Waals surface area contributed by atoms with Crippen molar-refractivity contribution in [3.8, 4) is 0 Å². The summed E-state index contributed by atoms with van der Waals surface area (Å²) in [5.74, 6) is 0. The van der Waals surface area contributed by atoms with Crippen LogP contribution in [0.1, 0.15) is 26.3 Å². The molecular weight excluding hydrogens is 240 g/mol. The lowest BCUT2D eigenvalue weighted by molar-refractivity contribution is 0.205. The minimum Gasteiger partial charge on any atom is -0.394 e. The van der Waals surface area contributed by atoms with Crippen molar-refractivity contribution in [3.63, 3.8) is 0 Å². The zero-order chi connectivity index (χ0) is 13.1. The van der Waals surface area contributed by atoms with Gasteiger partial charge in [-0.1, -0.05) is 32.9 Å². The van der Waals surface area contributed by atoms with Gasteiger partial charge in [0.1, 0.15) is 0 Å². The van der Waals surface area contributed by atoms with E-state index in [2.05, 4.69) is 25.0 Å². The van der Waals surface area contributed by atoms with Crippen molar-refractivity contribution in [2.75, 3.05) is 13.2 Å². The van der Waals surface area contributed by atoms with Crippen LogP contribution in [0.2, 0.25) is 0 Å². The van der Waals surface area contributed by atoms with E-state index in [0.29, 0.717) is 0 Å². The van der Waals surface area contributed by atoms with Gasteiger partial charge in [-0.3, -0.25) is 4.18 Å². The standard InChI is InChI=1S/C12H18O4S/c1-12(2,3)10-4-6-11(7-5-10)17(14,15)16-9-8-13/h4-7,13H,8-9H2,1-3H3. The van der Waals surface area contributed by atoms with Gasteiger partial charge in [-0.05, 0) is 23.1 Å². The zero-order valence-corrected chi connectivity index (χ0v) is 11.1. The van der Waals surface area contributed by atoms with Gasteiger partial charge in [0.05, 0.1) is 18.1 Å². The SMILES string of the molecule is CC(C)(C)c1ccc(S(=O)(=O)OCCO)cc1. The molecule has 0 unspecified atom stereocenters. The minimum absolute atomic E-state index is 0.0196. The second-order valence-electron chi connectivity index (χ2n) is 4.77. The van der Waals surface area contributed by atoms with Gasteiger partial charge >= 0.3 is 0 Å². The summed E-state index contributed by atoms with van der Waals surface area (Å²) in [6.45, 7) is 5.62. The lowest BCUT2D eigenvalue weighted by Crippen LogP contribution is -2.13. The van der Waals surface area contributed by atoms with Crippen molar-refractivity contribution in [3.05, 3.63) is 29.8 Å². The molecule has 0 amide bonds. The van der Waals surface area contributed by atoms with Gasteiger partial charge in [0.15, 0.2) is 0 Å². The first kappa shape index (κ1) is 14.2. The van der Waals surface area contributed by atoms with E-state index in [1.54, 1.807) is 12.1 Å². The maximum Gasteiger partial charge on any atom is 0.297 e. The third-order valence-corrected chi connectivity index (χ3v) is 3.67. The topological polar surface area (TPSA) is 63.6 Å². The summed E-state index contributed by atoms with van der Waals surface area (Å²) in [6, 6.07) is 6.59. The Kier molecular flexibility index (Phi) is 4.30. The molecule has 0 aromatic heterocycles. The second-order valence-corrected chi connectivity index (χ2v) is 6.39. The van der Waals surface area contributed by atoms with E-state index in [9.17, 15) is 8.42 Å². The Bertz CT molecular complexity index is 454. The summed E-state index contributed by atoms with van der Waals surface area (Å²) < 4.78 is 27.8. The van der Waals surface area contributed by atoms with E-state index in [-0.39, 0.29) is 23.5 Å². The molecule has 1 N–H and O–H groups in total. The van der Waals surface area contributed by atoms with Crippen molar-refractivity contribution in [2.24, 2.45) is 0 Å². The number of hydrogen-bond acceptors (Lipinski definition) is 4. The fourth-order valence-electron chi connectivity index (χ4n) is 1.34. The Balaban J connectivity index is 2.95. The highest BCUT2D eigenvalue weighted by Crippen LogP contribution is 2.23. The minimum atomic E-state index is -3.74. The van der Waals surface area contributed by atoms with E-state index in [1.165, 1.54) is 12.1 Å². The molecule has 0 fully saturated rings. The number of aliphatic hydroxyl groups excluding tert-OH is 1. The molecule has 0 spiro atoms. The van der Waals surface area contributed by atoms with Crippen molar-refractivity contribution in [1.29, 1.82) is 0 Å². The van der Waals surface area contributed by atoms with Gasteiger partial charge in [-0.2, -0.15) is 8.42 Å². The van der Waals surface area contributed by atoms with Crippen LogP contribution in [-0.2, 0) is 19.7 Å². The molecule has 0 saturated carbocycles. The fraction of sp³-hybridized carbons (Fsp3) is 0.500. The van der Waals surface area contributed by atoms with Crippen LogP contribution in [0.15, 0.2) is 29.2 Å². The Labute approximate surface area is 102 Å². The van der Waals surface area contributed by atoms with Crippen molar-refractivity contribution < 1.29 is 17.7 Å². The van der Waals surface area contributed by atoms with E-state index in [0.717, 1.165) is 5.56 Å². The van der Waals surface area contributed by atoms with Crippen LogP contribution in [0.25, 0.3) is 0 Å². The first-order valence-electron chi connectivity index (χ1n) is 5.38. The first-order chi connectivity index (χ1) is 7.77. The number of hydrogen-bond donors (Lipinski definition) is 1. The zero-order valence-electron chi connectivity index (χ0n) is 10.3. The lowest BCUT2D eigenvalue weighted by Gasteiger charge is -2.19. The van der Waals surface area contributed by atoms with Crippen LogP contribution in [0.4, 0.5) is 0 Å². The van der Waals surface area contributed by atoms with Crippen LogP contribution in [0.5, 0.6) is 0 Å². The molecule has 0 heterocycles. The molecule has 1 aromatic carbocycles. The maximum atomic E-state index is 11.6. The number of benzene rings is 1. The van der Waals surface area contributed by atoms with Gasteiger partial charge < -0.3 is 5.11 Å². The highest BCUT2D eigenvalue weighted by Gasteiger charge is 2.17. The third kappa shape index (κ3) is 3.80. The summed E-state index contributed by atoms with van der Waals surface area (Å²) >= 11 is 0. The predicted octanol–water partition coefficient (Wildman–Crippen LogP) is 1.68. The molecule has 0 saturated heterocycles. The first-order valence-corrected chi connectivity index (χ1v) is 6.79. The van der Waals surface area contributed by atoms with Crippen LogP contribution < -0.4 is 0 Å². The smallest absolute Gasteiger partial charge is 0.297 e. The summed E-state index contributed by atoms with van der Waals surface area (Å²) in [5.41, 5.74) is 1.03. The lowest BCUT2D eigenvalue weighted by atomic mass is 9.87. The Morgan fingerprint density at radius 3 is 2.12 bits per heavy atom. The molecular formula is C12H18O4S. The van der Waals surface area contributed by atoms with Crippen LogP contribution in [0.3, 0.4) is 0 Å². The van der Waals surface area contributed by atoms with Crippen LogP contribution in [0, 0.1) is 0 Å². The molecule has 5 heteroatoms. The summed E-state index contributed by atoms with van der Waals surface area (Å²) in [5, 5.41) is 8.54. The molecule has 17 heavy (non-hydrogen) atoms. The van der Waals surface area contributed by atoms with Gasteiger partial charge in [0.25, 0.3) is 10.1 Å². The average molecular weight is 258 g/mol. The Morgan fingerprint density at radius 1 is 1.18 bits per heavy atom. The molecule has 1 aromatic rings. The summed E-state index contributed by atoms with van der Waals surface area (Å²) in [6.07, 6.45) is 0. The second kappa shape index (κ2) is 5.16. The van der Waals surface area contributed by atoms with Gasteiger partial charge in [0, 0.05) is 0 Å². The molecule has 0 aliphatic heterocycles. The average Bonchev–Trinajstić information content (AvgIpc) is 2.25. The summed E-state index contributed by atoms with van der Waals surface area (Å²) in [7, 11) is -3.74. The van der Waals surface area contributed by atoms with Crippen molar-refractivity contribution in [2.45, 2.75) is 31.1 Å². The van der Waals surface area contributed by atoms with E-state index < -0.39 is 10.1 Å². The third-order valence-electron chi connectivity index (χ3n) is 2.34. The van der Waals surface area contributed by atoms with Crippen LogP contribution >= 0.6 is 0 Å². The largest absolute Gasteiger partial charge is 0.394 e. The highest BCUT2D eigenvalue weighted by molar-refractivity contribution is 7.86. The molecule has 0 radical (unpaired) electrons. The Hall–Kier alpha value is -0.910. The highest BCUT2D eigenvalue weighted by atomic mass is 32.2. The maximum absolute atomic E-state index is 11.6. The Morgan fingerprint density at radius 2 is 1.71 bits per heavy atom. The predicted molar refractivity (Wildman–Crippen MR) is 65.4 cm³/mol. The fourth-order valence-corrected chi connectivity index (χ4v) is 2.24. The number of aliphatic hydroxyl groups is 1. The molecule has 4 nitrogen and oxygen atoms in total. The quantitative estimate of drug-likeness (QED) is 0.835. The molecule has 0 aliphatic carbocycles. The van der Waals surface area contributed by atoms with E-state index in [4.69, 9.17) is 5.11 Å². The monoisotopic (exact) mass is 258 g/mol. The summed E-state index contributed by atoms with van der Waals surface area (Å²) in [4.78, 5) is 0.110. The number of rotatable bonds is 4. The van der Waals surface area contributed by atoms with Gasteiger partial charge in [0.2, 0.25) is 0 Å². The molecule has 1 rings (SSSR count). The molecule has 0 bridgehead atoms. The van der Waals surface area contributed by atoms with E-state index in [1.807, 2.05) is 0 Å². The van der Waals surface area contributed by atoms with Crippen LogP contribution in [-0.4, -0.2) is 26.7 Å². The normalized spacial score (nSPS) is 12.7. The van der Waals surface area contributed by atoms with Gasteiger partial charge in [-0.15, -0.1) is 0 Å². The van der Waals surface area contributed by atoms with Crippen molar-refractivity contribution >= 4 is 10.1 Å². The van der Waals surface area contributed by atoms with Gasteiger partial charge in [-0.25, -0.2) is 0 Å².